The van der Waals surface area contributed by atoms with E-state index in [0.29, 0.717) is 43.4 Å². The van der Waals surface area contributed by atoms with Crippen molar-refractivity contribution < 1.29 is 9.53 Å². The van der Waals surface area contributed by atoms with Gasteiger partial charge in [-0.3, -0.25) is 4.79 Å². The molecule has 0 bridgehead atoms. The van der Waals surface area contributed by atoms with Gasteiger partial charge in [0.05, 0.1) is 19.4 Å². The third-order valence-electron chi connectivity index (χ3n) is 5.00. The van der Waals surface area contributed by atoms with Crippen LogP contribution in [-0.4, -0.2) is 57.1 Å². The average Bonchev–Trinajstić information content (AvgIpc) is 3.25. The third-order valence-corrected chi connectivity index (χ3v) is 5.00. The highest BCUT2D eigenvalue weighted by Crippen LogP contribution is 2.29. The molecule has 29 heavy (non-hydrogen) atoms. The quantitative estimate of drug-likeness (QED) is 0.733. The highest BCUT2D eigenvalue weighted by molar-refractivity contribution is 5.94. The Morgan fingerprint density at radius 3 is 2.52 bits per heavy atom. The highest BCUT2D eigenvalue weighted by atomic mass is 16.5. The van der Waals surface area contributed by atoms with Crippen LogP contribution in [0.15, 0.2) is 42.7 Å². The zero-order chi connectivity index (χ0) is 20.4. The van der Waals surface area contributed by atoms with Gasteiger partial charge in [0.15, 0.2) is 0 Å². The Labute approximate surface area is 169 Å². The molecule has 1 aliphatic rings. The summed E-state index contributed by atoms with van der Waals surface area (Å²) >= 11 is 0. The summed E-state index contributed by atoms with van der Waals surface area (Å²) in [5.41, 5.74) is 10.0. The van der Waals surface area contributed by atoms with Crippen molar-refractivity contribution in [3.63, 3.8) is 0 Å². The maximum atomic E-state index is 12.6. The topological polar surface area (TPSA) is 99.2 Å². The summed E-state index contributed by atoms with van der Waals surface area (Å²) < 4.78 is 7.10. The summed E-state index contributed by atoms with van der Waals surface area (Å²) in [5.74, 6) is 0.435. The van der Waals surface area contributed by atoms with E-state index in [9.17, 15) is 4.79 Å². The van der Waals surface area contributed by atoms with E-state index in [1.807, 2.05) is 55.3 Å². The summed E-state index contributed by atoms with van der Waals surface area (Å²) in [6.07, 6.45) is 3.59. The Morgan fingerprint density at radius 2 is 1.86 bits per heavy atom. The number of nitrogens with two attached hydrogens (primary N) is 1. The van der Waals surface area contributed by atoms with Crippen LogP contribution >= 0.6 is 0 Å². The molecule has 0 atom stereocenters. The minimum absolute atomic E-state index is 0.0290. The number of rotatable bonds is 4. The standard InChI is InChI=1S/C21H24N6O2/c1-14(2)27-13-19(24-25-27)18-11-17(12-23-20(18)22)15-3-5-16(6-4-15)21(28)26-7-9-29-10-8-26/h3-6,11-14H,7-10H2,1-2H3,(H2,22,23). The number of nitrogen functional groups attached to an aromatic ring is 1. The lowest BCUT2D eigenvalue weighted by Gasteiger charge is -2.26. The number of carbonyl (C=O) groups is 1. The van der Waals surface area contributed by atoms with Gasteiger partial charge in [-0.2, -0.15) is 0 Å². The Morgan fingerprint density at radius 1 is 1.14 bits per heavy atom. The van der Waals surface area contributed by atoms with Crippen molar-refractivity contribution in [3.05, 3.63) is 48.3 Å². The lowest BCUT2D eigenvalue weighted by Crippen LogP contribution is -2.40. The molecule has 4 rings (SSSR count). The molecule has 3 aromatic rings. The molecule has 1 aliphatic heterocycles. The van der Waals surface area contributed by atoms with Crippen LogP contribution in [0, 0.1) is 0 Å². The molecule has 150 valence electrons. The fourth-order valence-corrected chi connectivity index (χ4v) is 3.25. The lowest BCUT2D eigenvalue weighted by atomic mass is 10.0. The Balaban J connectivity index is 1.59. The van der Waals surface area contributed by atoms with Crippen LogP contribution in [0.2, 0.25) is 0 Å². The minimum Gasteiger partial charge on any atom is -0.383 e. The summed E-state index contributed by atoms with van der Waals surface area (Å²) in [6.45, 7) is 6.51. The summed E-state index contributed by atoms with van der Waals surface area (Å²) in [6, 6.07) is 9.71. The maximum absolute atomic E-state index is 12.6. The zero-order valence-electron chi connectivity index (χ0n) is 16.6. The van der Waals surface area contributed by atoms with E-state index in [2.05, 4.69) is 15.3 Å². The monoisotopic (exact) mass is 392 g/mol. The van der Waals surface area contributed by atoms with Crippen LogP contribution < -0.4 is 5.73 Å². The molecular formula is C21H24N6O2. The molecule has 1 fully saturated rings. The Hall–Kier alpha value is -3.26. The normalized spacial score (nSPS) is 14.4. The van der Waals surface area contributed by atoms with Crippen LogP contribution in [0.4, 0.5) is 5.82 Å². The van der Waals surface area contributed by atoms with E-state index >= 15 is 0 Å². The van der Waals surface area contributed by atoms with Crippen molar-refractivity contribution in [1.82, 2.24) is 24.9 Å². The molecule has 0 saturated carbocycles. The van der Waals surface area contributed by atoms with Gasteiger partial charge in [0.25, 0.3) is 5.91 Å². The predicted molar refractivity (Wildman–Crippen MR) is 110 cm³/mol. The lowest BCUT2D eigenvalue weighted by molar-refractivity contribution is 0.0303. The summed E-state index contributed by atoms with van der Waals surface area (Å²) in [7, 11) is 0. The van der Waals surface area contributed by atoms with E-state index in [1.54, 1.807) is 10.9 Å². The van der Waals surface area contributed by atoms with Crippen LogP contribution in [0.5, 0.6) is 0 Å². The molecular weight excluding hydrogens is 368 g/mol. The SMILES string of the molecule is CC(C)n1cc(-c2cc(-c3ccc(C(=O)N4CCOCC4)cc3)cnc2N)nn1. The van der Waals surface area contributed by atoms with Gasteiger partial charge in [0.2, 0.25) is 0 Å². The van der Waals surface area contributed by atoms with Gasteiger partial charge in [-0.15, -0.1) is 5.10 Å². The Bertz CT molecular complexity index is 1010. The Kier molecular flexibility index (Phi) is 5.26. The molecule has 0 radical (unpaired) electrons. The van der Waals surface area contributed by atoms with Crippen molar-refractivity contribution in [3.8, 4) is 22.4 Å². The summed E-state index contributed by atoms with van der Waals surface area (Å²) in [5, 5.41) is 8.37. The first-order valence-electron chi connectivity index (χ1n) is 9.68. The van der Waals surface area contributed by atoms with Crippen LogP contribution in [0.3, 0.4) is 0 Å². The number of ether oxygens (including phenoxy) is 1. The molecule has 3 heterocycles. The van der Waals surface area contributed by atoms with Gasteiger partial charge in [-0.25, -0.2) is 9.67 Å². The van der Waals surface area contributed by atoms with E-state index in [1.165, 1.54) is 0 Å². The molecule has 1 aromatic carbocycles. The number of carbonyl (C=O) groups excluding carboxylic acids is 1. The first-order chi connectivity index (χ1) is 14.0. The predicted octanol–water partition coefficient (Wildman–Crippen LogP) is 2.64. The number of morpholine rings is 1. The van der Waals surface area contributed by atoms with Gasteiger partial charge in [0.1, 0.15) is 11.5 Å². The van der Waals surface area contributed by atoms with E-state index in [0.717, 1.165) is 16.7 Å². The molecule has 1 amide bonds. The molecule has 0 aliphatic carbocycles. The fourth-order valence-electron chi connectivity index (χ4n) is 3.25. The number of hydrogen-bond donors (Lipinski definition) is 1. The zero-order valence-corrected chi connectivity index (χ0v) is 16.6. The van der Waals surface area contributed by atoms with Crippen molar-refractivity contribution >= 4 is 11.7 Å². The van der Waals surface area contributed by atoms with Gasteiger partial charge in [-0.1, -0.05) is 17.3 Å². The largest absolute Gasteiger partial charge is 0.383 e. The number of anilines is 1. The van der Waals surface area contributed by atoms with Crippen LogP contribution in [0.1, 0.15) is 30.2 Å². The van der Waals surface area contributed by atoms with Crippen molar-refractivity contribution in [2.24, 2.45) is 0 Å². The highest BCUT2D eigenvalue weighted by Gasteiger charge is 2.18. The molecule has 1 saturated heterocycles. The number of aromatic nitrogens is 4. The van der Waals surface area contributed by atoms with Gasteiger partial charge < -0.3 is 15.4 Å². The molecule has 0 unspecified atom stereocenters. The number of nitrogens with zero attached hydrogens (tertiary/aromatic N) is 5. The van der Waals surface area contributed by atoms with Crippen molar-refractivity contribution in [2.75, 3.05) is 32.0 Å². The van der Waals surface area contributed by atoms with E-state index in [-0.39, 0.29) is 11.9 Å². The van der Waals surface area contributed by atoms with Crippen LogP contribution in [0.25, 0.3) is 22.4 Å². The van der Waals surface area contributed by atoms with Crippen LogP contribution in [-0.2, 0) is 4.74 Å². The second kappa shape index (κ2) is 8.00. The summed E-state index contributed by atoms with van der Waals surface area (Å²) in [4.78, 5) is 18.8. The fraction of sp³-hybridized carbons (Fsp3) is 0.333. The molecule has 2 aromatic heterocycles. The third kappa shape index (κ3) is 3.97. The van der Waals surface area contributed by atoms with Crippen molar-refractivity contribution in [2.45, 2.75) is 19.9 Å². The van der Waals surface area contributed by atoms with Gasteiger partial charge in [0, 0.05) is 42.0 Å². The smallest absolute Gasteiger partial charge is 0.254 e. The average molecular weight is 392 g/mol. The maximum Gasteiger partial charge on any atom is 0.254 e. The first kappa shape index (κ1) is 19.1. The van der Waals surface area contributed by atoms with Gasteiger partial charge in [-0.05, 0) is 37.6 Å². The number of pyridine rings is 1. The first-order valence-corrected chi connectivity index (χ1v) is 9.68. The van der Waals surface area contributed by atoms with Gasteiger partial charge >= 0.3 is 0 Å². The molecule has 0 spiro atoms. The second-order valence-corrected chi connectivity index (χ2v) is 7.32. The van der Waals surface area contributed by atoms with Crippen molar-refractivity contribution in [1.29, 1.82) is 0 Å². The number of hydrogen-bond acceptors (Lipinski definition) is 6. The minimum atomic E-state index is 0.0290. The second-order valence-electron chi connectivity index (χ2n) is 7.32. The molecule has 8 heteroatoms. The van der Waals surface area contributed by atoms with E-state index in [4.69, 9.17) is 10.5 Å². The molecule has 8 nitrogen and oxygen atoms in total. The van der Waals surface area contributed by atoms with E-state index < -0.39 is 0 Å². The molecule has 2 N–H and O–H groups in total. The number of amides is 1. The number of benzene rings is 1.